The predicted molar refractivity (Wildman–Crippen MR) is 97.7 cm³/mol. The maximum atomic E-state index is 4.47. The van der Waals surface area contributed by atoms with Gasteiger partial charge in [0.15, 0.2) is 0 Å². The van der Waals surface area contributed by atoms with Crippen LogP contribution in [0.15, 0.2) is 35.8 Å². The maximum absolute atomic E-state index is 4.47. The van der Waals surface area contributed by atoms with Gasteiger partial charge in [0.25, 0.3) is 0 Å². The first-order chi connectivity index (χ1) is 11.3. The monoisotopic (exact) mass is 329 g/mol. The van der Waals surface area contributed by atoms with Crippen molar-refractivity contribution in [2.24, 2.45) is 0 Å². The summed E-state index contributed by atoms with van der Waals surface area (Å²) < 4.78 is 0. The van der Waals surface area contributed by atoms with Crippen LogP contribution >= 0.6 is 11.3 Å². The first-order valence-electron chi connectivity index (χ1n) is 8.76. The van der Waals surface area contributed by atoms with Gasteiger partial charge in [-0.15, -0.1) is 11.3 Å². The fourth-order valence-corrected chi connectivity index (χ4v) is 3.96. The lowest BCUT2D eigenvalue weighted by Crippen LogP contribution is -2.44. The zero-order valence-corrected chi connectivity index (χ0v) is 14.8. The molecule has 1 aliphatic rings. The first kappa shape index (κ1) is 16.6. The van der Waals surface area contributed by atoms with Crippen molar-refractivity contribution in [2.75, 3.05) is 13.1 Å². The van der Waals surface area contributed by atoms with Crippen molar-refractivity contribution in [1.29, 1.82) is 0 Å². The van der Waals surface area contributed by atoms with E-state index >= 15 is 0 Å². The smallest absolute Gasteiger partial charge is 0.107 e. The minimum absolute atomic E-state index is 0.548. The van der Waals surface area contributed by atoms with Gasteiger partial charge in [0.1, 0.15) is 5.01 Å². The van der Waals surface area contributed by atoms with Gasteiger partial charge in [-0.25, -0.2) is 4.98 Å². The minimum Gasteiger partial charge on any atom is -0.308 e. The number of fused-ring (bicyclic) bond motifs is 1. The quantitative estimate of drug-likeness (QED) is 0.746. The van der Waals surface area contributed by atoms with Crippen molar-refractivity contribution in [3.8, 4) is 0 Å². The van der Waals surface area contributed by atoms with Crippen LogP contribution in [0, 0.1) is 0 Å². The molecule has 2 heterocycles. The zero-order chi connectivity index (χ0) is 15.9. The molecular weight excluding hydrogens is 302 g/mol. The Balaban J connectivity index is 1.59. The summed E-state index contributed by atoms with van der Waals surface area (Å²) in [6.45, 7) is 6.54. The van der Waals surface area contributed by atoms with Crippen LogP contribution in [0.2, 0.25) is 0 Å². The highest BCUT2D eigenvalue weighted by Gasteiger charge is 2.20. The normalized spacial score (nSPS) is 17.4. The molecule has 1 aromatic carbocycles. The van der Waals surface area contributed by atoms with Gasteiger partial charge in [0, 0.05) is 30.7 Å². The lowest BCUT2D eigenvalue weighted by Gasteiger charge is -2.31. The molecule has 1 aromatic heterocycles. The van der Waals surface area contributed by atoms with Crippen molar-refractivity contribution in [3.05, 3.63) is 52.0 Å². The molecule has 0 spiro atoms. The van der Waals surface area contributed by atoms with E-state index < -0.39 is 0 Å². The summed E-state index contributed by atoms with van der Waals surface area (Å²) in [7, 11) is 0. The standard InChI is InChI=1S/C19H27N3S/c1-2-3-6-10-22(15-19-20-9-11-23-19)14-18-12-16-7-4-5-8-17(16)13-21-18/h4-5,7-9,11,18,21H,2-3,6,10,12-15H2,1H3/t18-/m1/s1. The van der Waals surface area contributed by atoms with Gasteiger partial charge in [0.05, 0.1) is 6.54 Å². The fourth-order valence-electron chi connectivity index (χ4n) is 3.30. The van der Waals surface area contributed by atoms with Gasteiger partial charge in [-0.1, -0.05) is 44.0 Å². The van der Waals surface area contributed by atoms with Gasteiger partial charge < -0.3 is 5.32 Å². The third-order valence-corrected chi connectivity index (χ3v) is 5.33. The Labute approximate surface area is 143 Å². The van der Waals surface area contributed by atoms with Crippen LogP contribution in [0.1, 0.15) is 42.3 Å². The molecule has 0 aliphatic carbocycles. The Morgan fingerprint density at radius 1 is 1.26 bits per heavy atom. The van der Waals surface area contributed by atoms with Gasteiger partial charge in [-0.2, -0.15) is 0 Å². The zero-order valence-electron chi connectivity index (χ0n) is 14.0. The number of hydrogen-bond acceptors (Lipinski definition) is 4. The highest BCUT2D eigenvalue weighted by molar-refractivity contribution is 7.09. The molecule has 0 fully saturated rings. The van der Waals surface area contributed by atoms with E-state index in [9.17, 15) is 0 Å². The minimum atomic E-state index is 0.548. The van der Waals surface area contributed by atoms with E-state index in [1.165, 1.54) is 41.9 Å². The summed E-state index contributed by atoms with van der Waals surface area (Å²) in [6, 6.07) is 9.38. The molecule has 23 heavy (non-hydrogen) atoms. The molecule has 3 rings (SSSR count). The first-order valence-corrected chi connectivity index (χ1v) is 9.64. The van der Waals surface area contributed by atoms with E-state index in [1.807, 2.05) is 6.20 Å². The SMILES string of the molecule is CCCCCN(Cc1nccs1)C[C@H]1Cc2ccccc2CN1. The molecule has 1 atom stereocenters. The largest absolute Gasteiger partial charge is 0.308 e. The second-order valence-electron chi connectivity index (χ2n) is 6.42. The van der Waals surface area contributed by atoms with Gasteiger partial charge in [-0.05, 0) is 30.5 Å². The van der Waals surface area contributed by atoms with Crippen LogP contribution in [0.5, 0.6) is 0 Å². The Morgan fingerprint density at radius 3 is 2.91 bits per heavy atom. The molecule has 124 valence electrons. The molecule has 0 saturated carbocycles. The van der Waals surface area contributed by atoms with Crippen LogP contribution in [-0.4, -0.2) is 29.0 Å². The Kier molecular flexibility index (Phi) is 6.20. The average molecular weight is 330 g/mol. The van der Waals surface area contributed by atoms with Crippen molar-refractivity contribution in [1.82, 2.24) is 15.2 Å². The number of hydrogen-bond donors (Lipinski definition) is 1. The lowest BCUT2D eigenvalue weighted by atomic mass is 9.95. The van der Waals surface area contributed by atoms with Crippen molar-refractivity contribution in [3.63, 3.8) is 0 Å². The van der Waals surface area contributed by atoms with E-state index in [2.05, 4.69) is 51.8 Å². The molecular formula is C19H27N3S. The Morgan fingerprint density at radius 2 is 2.13 bits per heavy atom. The predicted octanol–water partition coefficient (Wildman–Crippen LogP) is 3.85. The third-order valence-electron chi connectivity index (χ3n) is 4.56. The Bertz CT molecular complexity index is 582. The summed E-state index contributed by atoms with van der Waals surface area (Å²) in [5, 5.41) is 7.03. The van der Waals surface area contributed by atoms with Crippen molar-refractivity contribution >= 4 is 11.3 Å². The van der Waals surface area contributed by atoms with E-state index in [4.69, 9.17) is 0 Å². The van der Waals surface area contributed by atoms with Gasteiger partial charge >= 0.3 is 0 Å². The van der Waals surface area contributed by atoms with E-state index in [1.54, 1.807) is 11.3 Å². The van der Waals surface area contributed by atoms with Crippen LogP contribution in [0.4, 0.5) is 0 Å². The van der Waals surface area contributed by atoms with Crippen molar-refractivity contribution in [2.45, 2.75) is 51.7 Å². The van der Waals surface area contributed by atoms with Crippen LogP contribution in [0.25, 0.3) is 0 Å². The summed E-state index contributed by atoms with van der Waals surface area (Å²) in [6.07, 6.45) is 6.93. The fraction of sp³-hybridized carbons (Fsp3) is 0.526. The van der Waals surface area contributed by atoms with Gasteiger partial charge in [0.2, 0.25) is 0 Å². The topological polar surface area (TPSA) is 28.2 Å². The van der Waals surface area contributed by atoms with Gasteiger partial charge in [-0.3, -0.25) is 4.90 Å². The van der Waals surface area contributed by atoms with Crippen molar-refractivity contribution < 1.29 is 0 Å². The summed E-state index contributed by atoms with van der Waals surface area (Å²) in [5.74, 6) is 0. The second kappa shape index (κ2) is 8.57. The Hall–Kier alpha value is -1.23. The number of rotatable bonds is 8. The number of unbranched alkanes of at least 4 members (excludes halogenated alkanes) is 2. The third kappa shape index (κ3) is 4.87. The molecule has 0 amide bonds. The van der Waals surface area contributed by atoms with E-state index in [0.717, 1.165) is 26.1 Å². The van der Waals surface area contributed by atoms with Crippen LogP contribution < -0.4 is 5.32 Å². The lowest BCUT2D eigenvalue weighted by molar-refractivity contribution is 0.224. The summed E-state index contributed by atoms with van der Waals surface area (Å²) in [5.41, 5.74) is 2.97. The van der Waals surface area contributed by atoms with E-state index in [0.29, 0.717) is 6.04 Å². The molecule has 2 aromatic rings. The summed E-state index contributed by atoms with van der Waals surface area (Å²) >= 11 is 1.77. The number of benzene rings is 1. The number of aromatic nitrogens is 1. The molecule has 4 heteroatoms. The summed E-state index contributed by atoms with van der Waals surface area (Å²) in [4.78, 5) is 7.05. The molecule has 1 aliphatic heterocycles. The molecule has 0 unspecified atom stereocenters. The number of thiazole rings is 1. The average Bonchev–Trinajstić information content (AvgIpc) is 3.08. The second-order valence-corrected chi connectivity index (χ2v) is 7.40. The highest BCUT2D eigenvalue weighted by Crippen LogP contribution is 2.18. The maximum Gasteiger partial charge on any atom is 0.107 e. The highest BCUT2D eigenvalue weighted by atomic mass is 32.1. The molecule has 3 nitrogen and oxygen atoms in total. The molecule has 1 N–H and O–H groups in total. The molecule has 0 bridgehead atoms. The molecule has 0 saturated heterocycles. The number of nitrogens with zero attached hydrogens (tertiary/aromatic N) is 2. The number of nitrogens with one attached hydrogen (secondary N) is 1. The van der Waals surface area contributed by atoms with Crippen LogP contribution in [0.3, 0.4) is 0 Å². The van der Waals surface area contributed by atoms with Crippen LogP contribution in [-0.2, 0) is 19.5 Å². The van der Waals surface area contributed by atoms with E-state index in [-0.39, 0.29) is 0 Å². The molecule has 0 radical (unpaired) electrons.